The summed E-state index contributed by atoms with van der Waals surface area (Å²) < 4.78 is 0. The van der Waals surface area contributed by atoms with Crippen LogP contribution in [0.2, 0.25) is 0 Å². The molecule has 0 radical (unpaired) electrons. The molecule has 0 fully saturated rings. The van der Waals surface area contributed by atoms with E-state index >= 15 is 4.79 Å². The van der Waals surface area contributed by atoms with Crippen molar-refractivity contribution in [1.82, 2.24) is 0 Å². The Morgan fingerprint density at radius 1 is 0.397 bits per heavy atom. The van der Waals surface area contributed by atoms with Crippen LogP contribution in [0.3, 0.4) is 0 Å². The van der Waals surface area contributed by atoms with E-state index in [1.54, 1.807) is 0 Å². The van der Waals surface area contributed by atoms with E-state index in [-0.39, 0.29) is 19.5 Å². The highest BCUT2D eigenvalue weighted by Gasteiger charge is 2.49. The van der Waals surface area contributed by atoms with Crippen molar-refractivity contribution < 1.29 is 4.79 Å². The minimum Gasteiger partial charge on any atom is -0.263 e. The summed E-state index contributed by atoms with van der Waals surface area (Å²) in [7, 11) is 0. The molecule has 0 saturated heterocycles. The van der Waals surface area contributed by atoms with E-state index in [0.717, 1.165) is 66.7 Å². The number of nitrogens with zero attached hydrogens (tertiary/aromatic N) is 2. The molecule has 3 heterocycles. The Balaban J connectivity index is 1.25. The first-order valence-corrected chi connectivity index (χ1v) is 20.5. The third-order valence-electron chi connectivity index (χ3n) is 13.1. The number of rotatable bonds is 4. The van der Waals surface area contributed by atoms with E-state index in [1.807, 2.05) is 9.80 Å². The zero-order chi connectivity index (χ0) is 39.6. The molecule has 3 aliphatic rings. The predicted molar refractivity (Wildman–Crippen MR) is 248 cm³/mol. The average molecular weight is 745 g/mol. The smallest absolute Gasteiger partial charge is 0.263 e. The molecule has 0 atom stereocenters. The molecule has 2 amide bonds. The predicted octanol–water partition coefficient (Wildman–Crippen LogP) is 9.09. The molecule has 3 nitrogen and oxygen atoms in total. The van der Waals surface area contributed by atoms with Crippen molar-refractivity contribution in [3.63, 3.8) is 0 Å². The van der Waals surface area contributed by atoms with Crippen molar-refractivity contribution in [1.29, 1.82) is 0 Å². The number of benzene rings is 8. The number of fused-ring (bicyclic) bond motifs is 4. The van der Waals surface area contributed by atoms with Crippen molar-refractivity contribution in [3.05, 3.63) is 179 Å². The summed E-state index contributed by atoms with van der Waals surface area (Å²) in [6, 6.07) is 53.1. The van der Waals surface area contributed by atoms with Gasteiger partial charge in [0.2, 0.25) is 13.4 Å². The Hall–Kier alpha value is -6.58. The molecule has 0 bridgehead atoms. The fourth-order valence-corrected chi connectivity index (χ4v) is 10.9. The number of carbonyl (C=O) groups excluding carboxylic acids is 1. The molecule has 0 N–H and O–H groups in total. The first-order valence-electron chi connectivity index (χ1n) is 20.5. The second kappa shape index (κ2) is 12.7. The highest BCUT2D eigenvalue weighted by molar-refractivity contribution is 7.00. The van der Waals surface area contributed by atoms with Crippen LogP contribution in [0.4, 0.5) is 27.5 Å². The van der Waals surface area contributed by atoms with E-state index in [1.165, 1.54) is 55.2 Å². The van der Waals surface area contributed by atoms with Crippen LogP contribution in [0.5, 0.6) is 0 Å². The van der Waals surface area contributed by atoms with Crippen molar-refractivity contribution >= 4 is 85.8 Å². The zero-order valence-corrected chi connectivity index (χ0v) is 33.8. The van der Waals surface area contributed by atoms with E-state index in [4.69, 9.17) is 0 Å². The summed E-state index contributed by atoms with van der Waals surface area (Å²) in [6.07, 6.45) is 0. The molecule has 0 saturated carbocycles. The summed E-state index contributed by atoms with van der Waals surface area (Å²) in [5.74, 6) is 0. The molecular weight excluding hydrogens is 702 g/mol. The molecule has 0 aromatic heterocycles. The Labute approximate surface area is 341 Å². The van der Waals surface area contributed by atoms with Gasteiger partial charge in [-0.1, -0.05) is 178 Å². The molecule has 3 aliphatic heterocycles. The van der Waals surface area contributed by atoms with Gasteiger partial charge in [-0.2, -0.15) is 0 Å². The summed E-state index contributed by atoms with van der Waals surface area (Å²) >= 11 is 0. The molecule has 0 aliphatic carbocycles. The summed E-state index contributed by atoms with van der Waals surface area (Å²) in [4.78, 5) is 20.0. The third-order valence-corrected chi connectivity index (χ3v) is 13.1. The first-order chi connectivity index (χ1) is 28.2. The van der Waals surface area contributed by atoms with Gasteiger partial charge in [-0.25, -0.2) is 4.79 Å². The number of carbonyl (C=O) groups is 1. The van der Waals surface area contributed by atoms with Gasteiger partial charge in [0.15, 0.2) is 0 Å². The Bertz CT molecular complexity index is 2820. The number of anilines is 4. The summed E-state index contributed by atoms with van der Waals surface area (Å²) in [6.45, 7) is 13.2. The summed E-state index contributed by atoms with van der Waals surface area (Å²) in [5, 5.41) is 2.28. The fourth-order valence-electron chi connectivity index (χ4n) is 10.9. The van der Waals surface area contributed by atoms with Crippen LogP contribution >= 0.6 is 0 Å². The minimum atomic E-state index is -0.0631. The Morgan fingerprint density at radius 3 is 1.19 bits per heavy atom. The molecule has 58 heavy (non-hydrogen) atoms. The number of hydrogen-bond donors (Lipinski definition) is 0. The minimum absolute atomic E-state index is 0.0391. The molecule has 0 spiro atoms. The summed E-state index contributed by atoms with van der Waals surface area (Å²) in [5.41, 5.74) is 23.4. The van der Waals surface area contributed by atoms with Gasteiger partial charge in [-0.05, 0) is 103 Å². The van der Waals surface area contributed by atoms with Crippen LogP contribution in [-0.4, -0.2) is 19.5 Å². The maximum Gasteiger partial charge on any atom is 0.338 e. The van der Waals surface area contributed by atoms with Crippen LogP contribution in [0.25, 0.3) is 33.0 Å². The van der Waals surface area contributed by atoms with Gasteiger partial charge in [0, 0.05) is 16.8 Å². The highest BCUT2D eigenvalue weighted by Crippen LogP contribution is 2.48. The van der Waals surface area contributed by atoms with E-state index in [2.05, 4.69) is 187 Å². The molecule has 5 heteroatoms. The normalized spacial score (nSPS) is 13.6. The lowest BCUT2D eigenvalue weighted by Crippen LogP contribution is -2.65. The third kappa shape index (κ3) is 4.92. The van der Waals surface area contributed by atoms with Gasteiger partial charge in [0.05, 0.1) is 11.4 Å². The van der Waals surface area contributed by atoms with Gasteiger partial charge in [-0.3, -0.25) is 9.80 Å². The van der Waals surface area contributed by atoms with Crippen molar-refractivity contribution in [2.24, 2.45) is 0 Å². The van der Waals surface area contributed by atoms with Crippen molar-refractivity contribution in [3.8, 4) is 22.3 Å². The second-order valence-electron chi connectivity index (χ2n) is 16.8. The van der Waals surface area contributed by atoms with Crippen LogP contribution in [-0.2, 0) is 0 Å². The second-order valence-corrected chi connectivity index (χ2v) is 16.8. The van der Waals surface area contributed by atoms with Crippen LogP contribution in [0.15, 0.2) is 146 Å². The first kappa shape index (κ1) is 34.7. The van der Waals surface area contributed by atoms with Crippen LogP contribution in [0, 0.1) is 41.5 Å². The zero-order valence-electron chi connectivity index (χ0n) is 33.8. The number of hydrogen-bond acceptors (Lipinski definition) is 1. The molecule has 276 valence electrons. The van der Waals surface area contributed by atoms with Gasteiger partial charge >= 0.3 is 6.03 Å². The van der Waals surface area contributed by atoms with Gasteiger partial charge in [0.25, 0.3) is 0 Å². The van der Waals surface area contributed by atoms with Crippen LogP contribution < -0.4 is 42.6 Å². The average Bonchev–Trinajstić information content (AvgIpc) is 3.22. The number of urea groups is 1. The lowest BCUT2D eigenvalue weighted by atomic mass is 9.32. The molecule has 11 rings (SSSR count). The maximum absolute atomic E-state index is 15.9. The molecule has 0 unspecified atom stereocenters. The quantitative estimate of drug-likeness (QED) is 0.165. The van der Waals surface area contributed by atoms with E-state index in [9.17, 15) is 0 Å². The van der Waals surface area contributed by atoms with E-state index in [0.29, 0.717) is 0 Å². The topological polar surface area (TPSA) is 23.6 Å². The monoisotopic (exact) mass is 744 g/mol. The standard InChI is InChI=1S/C53H42B2N2O/c1-31-25-33(3)49(34(4)26-31)54-42-21-17-39-18-22-43-52-48(39)51(42)56(46-23-19-40(29-44(46)54)37-13-9-7-10-14-37)53(58)57(52)47-24-20-41(38-15-11-8-12-16-38)30-45(47)55(43)50-35(5)27-32(2)28-36(50)6/h7-30H,1-6H3. The van der Waals surface area contributed by atoms with Crippen molar-refractivity contribution in [2.75, 3.05) is 9.80 Å². The lowest BCUT2D eigenvalue weighted by molar-refractivity contribution is 0.255. The van der Waals surface area contributed by atoms with Gasteiger partial charge in [0.1, 0.15) is 0 Å². The fraction of sp³-hybridized carbons (Fsp3) is 0.113. The van der Waals surface area contributed by atoms with Crippen molar-refractivity contribution in [2.45, 2.75) is 41.5 Å². The molecular formula is C53H42B2N2O. The Kier molecular flexibility index (Phi) is 7.60. The maximum atomic E-state index is 15.9. The Morgan fingerprint density at radius 2 is 0.793 bits per heavy atom. The van der Waals surface area contributed by atoms with E-state index < -0.39 is 0 Å². The SMILES string of the molecule is Cc1cc(C)c(B2c3cc(-c4ccccc4)ccc3N3C(=O)N4c5ccc(-c6ccccc6)cc5B(c5c(C)cc(C)cc5C)c5ccc6ccc2c3c6c54)c(C)c1. The molecule has 8 aromatic carbocycles. The highest BCUT2D eigenvalue weighted by atomic mass is 16.2. The number of aryl methyl sites for hydroxylation is 6. The largest absolute Gasteiger partial charge is 0.338 e. The van der Waals surface area contributed by atoms with Gasteiger partial charge in [-0.15, -0.1) is 0 Å². The molecule has 8 aromatic rings. The van der Waals surface area contributed by atoms with Gasteiger partial charge < -0.3 is 0 Å². The number of amides is 2. The van der Waals surface area contributed by atoms with Crippen LogP contribution in [0.1, 0.15) is 33.4 Å². The lowest BCUT2D eigenvalue weighted by Gasteiger charge is -2.47.